The molecule has 2 aromatic heterocycles. The van der Waals surface area contributed by atoms with Crippen molar-refractivity contribution < 1.29 is 0 Å². The Labute approximate surface area is 94.5 Å². The molecular weight excluding hydrogens is 200 g/mol. The fourth-order valence-electron chi connectivity index (χ4n) is 1.64. The van der Waals surface area contributed by atoms with Crippen molar-refractivity contribution in [3.05, 3.63) is 29.7 Å². The Morgan fingerprint density at radius 3 is 2.81 bits per heavy atom. The number of nitriles is 1. The van der Waals surface area contributed by atoms with E-state index >= 15 is 0 Å². The Kier molecular flexibility index (Phi) is 2.61. The van der Waals surface area contributed by atoms with Gasteiger partial charge in [0.1, 0.15) is 5.92 Å². The molecule has 1 atom stereocenters. The summed E-state index contributed by atoms with van der Waals surface area (Å²) < 4.78 is 1.72. The van der Waals surface area contributed by atoms with Crippen LogP contribution in [0.2, 0.25) is 0 Å². The topological polar surface area (TPSA) is 54.0 Å². The lowest BCUT2D eigenvalue weighted by Gasteiger charge is -2.07. The van der Waals surface area contributed by atoms with Crippen molar-refractivity contribution in [2.24, 2.45) is 5.92 Å². The third-order valence-corrected chi connectivity index (χ3v) is 2.59. The molecule has 0 aromatic carbocycles. The summed E-state index contributed by atoms with van der Waals surface area (Å²) in [6.45, 7) is 6.02. The fourth-order valence-corrected chi connectivity index (χ4v) is 1.64. The molecule has 0 spiro atoms. The number of hydrogen-bond donors (Lipinski definition) is 0. The normalized spacial score (nSPS) is 12.9. The molecule has 4 nitrogen and oxygen atoms in total. The van der Waals surface area contributed by atoms with Gasteiger partial charge in [0.05, 0.1) is 6.07 Å². The summed E-state index contributed by atoms with van der Waals surface area (Å²) >= 11 is 0. The Balaban J connectivity index is 2.51. The molecule has 0 bridgehead atoms. The van der Waals surface area contributed by atoms with Crippen LogP contribution in [-0.2, 0) is 0 Å². The SMILES string of the molecule is Cc1ccn2nc(C(C#N)C(C)C)nc2c1. The van der Waals surface area contributed by atoms with Gasteiger partial charge in [-0.15, -0.1) is 5.10 Å². The lowest BCUT2D eigenvalue weighted by molar-refractivity contribution is 0.561. The van der Waals surface area contributed by atoms with Crippen LogP contribution >= 0.6 is 0 Å². The molecule has 1 unspecified atom stereocenters. The molecule has 0 aliphatic carbocycles. The van der Waals surface area contributed by atoms with Crippen LogP contribution < -0.4 is 0 Å². The first-order valence-corrected chi connectivity index (χ1v) is 5.34. The predicted molar refractivity (Wildman–Crippen MR) is 60.9 cm³/mol. The highest BCUT2D eigenvalue weighted by Crippen LogP contribution is 2.21. The maximum atomic E-state index is 9.09. The van der Waals surface area contributed by atoms with Gasteiger partial charge in [-0.05, 0) is 30.5 Å². The Bertz CT molecular complexity index is 548. The van der Waals surface area contributed by atoms with E-state index in [1.165, 1.54) is 0 Å². The standard InChI is InChI=1S/C12H14N4/c1-8(2)10(7-13)12-14-11-6-9(3)4-5-16(11)15-12/h4-6,8,10H,1-3H3. The molecule has 2 aromatic rings. The van der Waals surface area contributed by atoms with Gasteiger partial charge in [-0.3, -0.25) is 0 Å². The Morgan fingerprint density at radius 2 is 2.19 bits per heavy atom. The molecule has 16 heavy (non-hydrogen) atoms. The average Bonchev–Trinajstić information content (AvgIpc) is 2.60. The maximum absolute atomic E-state index is 9.09. The molecule has 0 fully saturated rings. The van der Waals surface area contributed by atoms with Crippen molar-refractivity contribution in [2.45, 2.75) is 26.7 Å². The third-order valence-electron chi connectivity index (χ3n) is 2.59. The predicted octanol–water partition coefficient (Wildman–Crippen LogP) is 2.30. The molecule has 0 radical (unpaired) electrons. The number of aromatic nitrogens is 3. The van der Waals surface area contributed by atoms with Crippen molar-refractivity contribution in [1.29, 1.82) is 5.26 Å². The van der Waals surface area contributed by atoms with E-state index in [2.05, 4.69) is 16.2 Å². The highest BCUT2D eigenvalue weighted by atomic mass is 15.3. The summed E-state index contributed by atoms with van der Waals surface area (Å²) in [4.78, 5) is 4.40. The van der Waals surface area contributed by atoms with Gasteiger partial charge in [-0.1, -0.05) is 13.8 Å². The molecule has 2 heterocycles. The van der Waals surface area contributed by atoms with Crippen LogP contribution in [0.5, 0.6) is 0 Å². The molecule has 4 heteroatoms. The van der Waals surface area contributed by atoms with Gasteiger partial charge in [0.25, 0.3) is 0 Å². The quantitative estimate of drug-likeness (QED) is 0.770. The van der Waals surface area contributed by atoms with E-state index < -0.39 is 0 Å². The number of hydrogen-bond acceptors (Lipinski definition) is 3. The van der Waals surface area contributed by atoms with Gasteiger partial charge >= 0.3 is 0 Å². The number of aryl methyl sites for hydroxylation is 1. The largest absolute Gasteiger partial charge is 0.221 e. The first-order valence-electron chi connectivity index (χ1n) is 5.34. The molecule has 0 aliphatic rings. The second-order valence-electron chi connectivity index (χ2n) is 4.33. The summed E-state index contributed by atoms with van der Waals surface area (Å²) in [5, 5.41) is 13.4. The smallest absolute Gasteiger partial charge is 0.169 e. The first-order chi connectivity index (χ1) is 7.61. The number of pyridine rings is 1. The minimum Gasteiger partial charge on any atom is -0.221 e. The molecule has 0 saturated heterocycles. The van der Waals surface area contributed by atoms with Gasteiger partial charge in [0.2, 0.25) is 0 Å². The van der Waals surface area contributed by atoms with Crippen LogP contribution in [-0.4, -0.2) is 14.6 Å². The number of rotatable bonds is 2. The second-order valence-corrected chi connectivity index (χ2v) is 4.33. The lowest BCUT2D eigenvalue weighted by atomic mass is 9.97. The summed E-state index contributed by atoms with van der Waals surface area (Å²) in [6.07, 6.45) is 1.87. The zero-order valence-corrected chi connectivity index (χ0v) is 9.68. The average molecular weight is 214 g/mol. The van der Waals surface area contributed by atoms with E-state index in [1.807, 2.05) is 39.1 Å². The van der Waals surface area contributed by atoms with Crippen molar-refractivity contribution in [3.63, 3.8) is 0 Å². The number of nitrogens with zero attached hydrogens (tertiary/aromatic N) is 4. The minimum atomic E-state index is -0.236. The van der Waals surface area contributed by atoms with Gasteiger partial charge in [0, 0.05) is 6.20 Å². The second kappa shape index (κ2) is 3.93. The molecule has 2 rings (SSSR count). The molecule has 0 amide bonds. The van der Waals surface area contributed by atoms with E-state index in [9.17, 15) is 0 Å². The molecule has 0 saturated carbocycles. The van der Waals surface area contributed by atoms with Crippen molar-refractivity contribution >= 4 is 5.65 Å². The molecule has 0 N–H and O–H groups in total. The molecule has 0 aliphatic heterocycles. The van der Waals surface area contributed by atoms with Gasteiger partial charge in [-0.25, -0.2) is 9.50 Å². The molecule has 82 valence electrons. The van der Waals surface area contributed by atoms with Crippen molar-refractivity contribution in [3.8, 4) is 6.07 Å². The van der Waals surface area contributed by atoms with E-state index in [1.54, 1.807) is 4.52 Å². The molecular formula is C12H14N4. The van der Waals surface area contributed by atoms with E-state index in [0.29, 0.717) is 5.82 Å². The maximum Gasteiger partial charge on any atom is 0.169 e. The minimum absolute atomic E-state index is 0.225. The highest BCUT2D eigenvalue weighted by molar-refractivity contribution is 5.40. The van der Waals surface area contributed by atoms with Crippen molar-refractivity contribution in [2.75, 3.05) is 0 Å². The monoisotopic (exact) mass is 214 g/mol. The van der Waals surface area contributed by atoms with Gasteiger partial charge in [-0.2, -0.15) is 5.26 Å². The van der Waals surface area contributed by atoms with E-state index in [4.69, 9.17) is 5.26 Å². The van der Waals surface area contributed by atoms with Gasteiger partial charge < -0.3 is 0 Å². The van der Waals surface area contributed by atoms with Crippen LogP contribution in [0.1, 0.15) is 31.2 Å². The van der Waals surface area contributed by atoms with Crippen LogP contribution in [0, 0.1) is 24.2 Å². The number of fused-ring (bicyclic) bond motifs is 1. The highest BCUT2D eigenvalue weighted by Gasteiger charge is 2.20. The van der Waals surface area contributed by atoms with E-state index in [0.717, 1.165) is 11.2 Å². The van der Waals surface area contributed by atoms with Gasteiger partial charge in [0.15, 0.2) is 11.5 Å². The summed E-state index contributed by atoms with van der Waals surface area (Å²) in [7, 11) is 0. The first kappa shape index (κ1) is 10.6. The Hall–Kier alpha value is -1.89. The van der Waals surface area contributed by atoms with E-state index in [-0.39, 0.29) is 11.8 Å². The summed E-state index contributed by atoms with van der Waals surface area (Å²) in [5.41, 5.74) is 1.94. The zero-order chi connectivity index (χ0) is 11.7. The van der Waals surface area contributed by atoms with Crippen LogP contribution in [0.25, 0.3) is 5.65 Å². The zero-order valence-electron chi connectivity index (χ0n) is 9.68. The summed E-state index contributed by atoms with van der Waals surface area (Å²) in [5.74, 6) is 0.604. The van der Waals surface area contributed by atoms with Crippen molar-refractivity contribution in [1.82, 2.24) is 14.6 Å². The Morgan fingerprint density at radius 1 is 1.44 bits per heavy atom. The third kappa shape index (κ3) is 1.76. The lowest BCUT2D eigenvalue weighted by Crippen LogP contribution is -2.06. The fraction of sp³-hybridized carbons (Fsp3) is 0.417. The van der Waals surface area contributed by atoms with Crippen LogP contribution in [0.4, 0.5) is 0 Å². The van der Waals surface area contributed by atoms with Crippen LogP contribution in [0.15, 0.2) is 18.3 Å². The summed E-state index contributed by atoms with van der Waals surface area (Å²) in [6, 6.07) is 6.19. The van der Waals surface area contributed by atoms with Crippen LogP contribution in [0.3, 0.4) is 0 Å².